The van der Waals surface area contributed by atoms with Crippen LogP contribution in [0.15, 0.2) is 18.2 Å². The number of hydrogen-bond acceptors (Lipinski definition) is 4. The van der Waals surface area contributed by atoms with Gasteiger partial charge in [-0.15, -0.1) is 24.8 Å². The molecule has 0 unspecified atom stereocenters. The fourth-order valence-electron chi connectivity index (χ4n) is 3.58. The second-order valence-corrected chi connectivity index (χ2v) is 6.65. The predicted molar refractivity (Wildman–Crippen MR) is 101 cm³/mol. The molecule has 0 aromatic heterocycles. The van der Waals surface area contributed by atoms with Crippen molar-refractivity contribution in [2.45, 2.75) is 31.4 Å². The summed E-state index contributed by atoms with van der Waals surface area (Å²) in [5, 5.41) is 9.68. The summed E-state index contributed by atoms with van der Waals surface area (Å²) in [5.41, 5.74) is 6.23. The lowest BCUT2D eigenvalue weighted by molar-refractivity contribution is -0.137. The number of carbonyl (C=O) groups is 1. The van der Waals surface area contributed by atoms with E-state index in [1.807, 2.05) is 4.90 Å². The van der Waals surface area contributed by atoms with Gasteiger partial charge in [0.25, 0.3) is 0 Å². The molecular weight excluding hydrogens is 387 g/mol. The highest BCUT2D eigenvalue weighted by Crippen LogP contribution is 2.27. The summed E-state index contributed by atoms with van der Waals surface area (Å²) in [4.78, 5) is 16.2. The number of halogens is 4. The van der Waals surface area contributed by atoms with Crippen molar-refractivity contribution in [1.82, 2.24) is 4.90 Å². The van der Waals surface area contributed by atoms with Crippen LogP contribution in [0.2, 0.25) is 0 Å². The number of anilines is 1. The molecule has 1 aliphatic carbocycles. The number of aliphatic hydroxyl groups is 1. The number of carbonyl (C=O) groups excluding carboxylic acids is 1. The highest BCUT2D eigenvalue weighted by Gasteiger charge is 2.34. The van der Waals surface area contributed by atoms with Gasteiger partial charge in [-0.05, 0) is 31.4 Å². The Labute approximate surface area is 164 Å². The van der Waals surface area contributed by atoms with E-state index < -0.39 is 17.7 Å². The van der Waals surface area contributed by atoms with E-state index in [9.17, 15) is 18.7 Å². The first-order valence-electron chi connectivity index (χ1n) is 8.38. The van der Waals surface area contributed by atoms with Gasteiger partial charge < -0.3 is 20.6 Å². The molecule has 0 bridgehead atoms. The SMILES string of the molecule is Cl.Cl.N[C@@H]1C[C@@H](C(=O)N2CCN(c3ccc(F)cc3F)CC2)CC[C@H]1O. The van der Waals surface area contributed by atoms with Gasteiger partial charge in [0.05, 0.1) is 11.8 Å². The molecule has 1 aliphatic heterocycles. The van der Waals surface area contributed by atoms with E-state index in [2.05, 4.69) is 0 Å². The second kappa shape index (κ2) is 9.69. The van der Waals surface area contributed by atoms with E-state index in [4.69, 9.17) is 5.73 Å². The number of nitrogens with two attached hydrogens (primary N) is 1. The Morgan fingerprint density at radius 3 is 2.35 bits per heavy atom. The highest BCUT2D eigenvalue weighted by atomic mass is 35.5. The van der Waals surface area contributed by atoms with Crippen molar-refractivity contribution < 1.29 is 18.7 Å². The van der Waals surface area contributed by atoms with Crippen molar-refractivity contribution in [1.29, 1.82) is 0 Å². The Kier molecular flexibility index (Phi) is 8.53. The van der Waals surface area contributed by atoms with Crippen LogP contribution in [0.3, 0.4) is 0 Å². The summed E-state index contributed by atoms with van der Waals surface area (Å²) in [6.45, 7) is 2.03. The Balaban J connectivity index is 0.00000169. The number of nitrogens with zero attached hydrogens (tertiary/aromatic N) is 2. The van der Waals surface area contributed by atoms with Crippen molar-refractivity contribution >= 4 is 36.4 Å². The molecule has 3 atom stereocenters. The van der Waals surface area contributed by atoms with E-state index in [1.165, 1.54) is 12.1 Å². The maximum absolute atomic E-state index is 13.9. The molecule has 1 amide bonds. The highest BCUT2D eigenvalue weighted by molar-refractivity contribution is 5.85. The molecule has 2 fully saturated rings. The molecule has 0 radical (unpaired) electrons. The van der Waals surface area contributed by atoms with E-state index in [0.717, 1.165) is 6.07 Å². The predicted octanol–water partition coefficient (Wildman–Crippen LogP) is 1.95. The Morgan fingerprint density at radius 2 is 1.77 bits per heavy atom. The molecule has 1 aromatic carbocycles. The molecule has 3 rings (SSSR count). The van der Waals surface area contributed by atoms with Crippen LogP contribution in [0, 0.1) is 17.6 Å². The summed E-state index contributed by atoms with van der Waals surface area (Å²) in [5.74, 6) is -1.25. The molecule has 3 N–H and O–H groups in total. The molecule has 1 heterocycles. The van der Waals surface area contributed by atoms with Crippen molar-refractivity contribution in [2.24, 2.45) is 11.7 Å². The minimum absolute atomic E-state index is 0. The fraction of sp³-hybridized carbons (Fsp3) is 0.588. The van der Waals surface area contributed by atoms with Crippen molar-refractivity contribution in [2.75, 3.05) is 31.1 Å². The first-order valence-corrected chi connectivity index (χ1v) is 8.38. The number of piperazine rings is 1. The number of aliphatic hydroxyl groups excluding tert-OH is 1. The summed E-state index contributed by atoms with van der Waals surface area (Å²) in [6, 6.07) is 3.21. The average molecular weight is 412 g/mol. The van der Waals surface area contributed by atoms with Crippen LogP contribution in [0.5, 0.6) is 0 Å². The minimum atomic E-state index is -0.596. The zero-order chi connectivity index (χ0) is 17.3. The van der Waals surface area contributed by atoms with Gasteiger partial charge in [0.2, 0.25) is 5.91 Å². The van der Waals surface area contributed by atoms with Gasteiger partial charge >= 0.3 is 0 Å². The quantitative estimate of drug-likeness (QED) is 0.779. The van der Waals surface area contributed by atoms with Crippen LogP contribution in [-0.2, 0) is 4.79 Å². The lowest BCUT2D eigenvalue weighted by atomic mass is 9.83. The fourth-order valence-corrected chi connectivity index (χ4v) is 3.58. The van der Waals surface area contributed by atoms with Crippen LogP contribution in [0.25, 0.3) is 0 Å². The van der Waals surface area contributed by atoms with Gasteiger partial charge in [0.1, 0.15) is 11.6 Å². The number of amides is 1. The Hall–Kier alpha value is -1.15. The summed E-state index contributed by atoms with van der Waals surface area (Å²) >= 11 is 0. The van der Waals surface area contributed by atoms with Crippen molar-refractivity contribution in [3.8, 4) is 0 Å². The molecule has 9 heteroatoms. The second-order valence-electron chi connectivity index (χ2n) is 6.65. The smallest absolute Gasteiger partial charge is 0.225 e. The minimum Gasteiger partial charge on any atom is -0.392 e. The maximum Gasteiger partial charge on any atom is 0.225 e. The van der Waals surface area contributed by atoms with Gasteiger partial charge in [-0.1, -0.05) is 0 Å². The molecule has 1 aromatic rings. The average Bonchev–Trinajstić information content (AvgIpc) is 2.57. The first-order chi connectivity index (χ1) is 11.5. The lowest BCUT2D eigenvalue weighted by Crippen LogP contribution is -2.52. The van der Waals surface area contributed by atoms with Crippen LogP contribution in [0.1, 0.15) is 19.3 Å². The zero-order valence-electron chi connectivity index (χ0n) is 14.3. The van der Waals surface area contributed by atoms with Crippen molar-refractivity contribution in [3.63, 3.8) is 0 Å². The molecule has 0 spiro atoms. The monoisotopic (exact) mass is 411 g/mol. The van der Waals surface area contributed by atoms with E-state index in [-0.39, 0.29) is 42.7 Å². The maximum atomic E-state index is 13.9. The van der Waals surface area contributed by atoms with Crippen LogP contribution >= 0.6 is 24.8 Å². The van der Waals surface area contributed by atoms with Gasteiger partial charge in [-0.3, -0.25) is 4.79 Å². The zero-order valence-corrected chi connectivity index (χ0v) is 15.9. The molecule has 5 nitrogen and oxygen atoms in total. The molecule has 1 saturated carbocycles. The van der Waals surface area contributed by atoms with Gasteiger partial charge in [-0.2, -0.15) is 0 Å². The van der Waals surface area contributed by atoms with Gasteiger partial charge in [-0.25, -0.2) is 8.78 Å². The third-order valence-electron chi connectivity index (χ3n) is 5.05. The molecule has 148 valence electrons. The van der Waals surface area contributed by atoms with Crippen LogP contribution in [-0.4, -0.2) is 54.2 Å². The van der Waals surface area contributed by atoms with Gasteiger partial charge in [0, 0.05) is 44.2 Å². The summed E-state index contributed by atoms with van der Waals surface area (Å²) < 4.78 is 26.9. The normalized spacial score (nSPS) is 25.9. The van der Waals surface area contributed by atoms with E-state index >= 15 is 0 Å². The molecule has 1 saturated heterocycles. The number of hydrogen-bond donors (Lipinski definition) is 2. The summed E-state index contributed by atoms with van der Waals surface area (Å²) in [7, 11) is 0. The third-order valence-corrected chi connectivity index (χ3v) is 5.05. The summed E-state index contributed by atoms with van der Waals surface area (Å²) in [6.07, 6.45) is 1.19. The molecule has 2 aliphatic rings. The van der Waals surface area contributed by atoms with Crippen LogP contribution in [0.4, 0.5) is 14.5 Å². The van der Waals surface area contributed by atoms with Gasteiger partial charge in [0.15, 0.2) is 0 Å². The van der Waals surface area contributed by atoms with E-state index in [1.54, 1.807) is 4.90 Å². The standard InChI is InChI=1S/C17H23F2N3O2.2ClH/c18-12-2-3-15(13(19)10-12)21-5-7-22(8-6-21)17(24)11-1-4-16(23)14(20)9-11;;/h2-3,10-11,14,16,23H,1,4-9,20H2;2*1H/t11-,14+,16+;;/m0../s1. The molecule has 26 heavy (non-hydrogen) atoms. The van der Waals surface area contributed by atoms with E-state index in [0.29, 0.717) is 51.1 Å². The lowest BCUT2D eigenvalue weighted by Gasteiger charge is -2.39. The largest absolute Gasteiger partial charge is 0.392 e. The van der Waals surface area contributed by atoms with Crippen molar-refractivity contribution in [3.05, 3.63) is 29.8 Å². The molecular formula is C17H25Cl2F2N3O2. The topological polar surface area (TPSA) is 69.8 Å². The number of benzene rings is 1. The number of rotatable bonds is 2. The Bertz CT molecular complexity index is 616. The van der Waals surface area contributed by atoms with Crippen LogP contribution < -0.4 is 10.6 Å². The Morgan fingerprint density at radius 1 is 1.12 bits per heavy atom. The third kappa shape index (κ3) is 4.97. The first kappa shape index (κ1) is 22.9.